The van der Waals surface area contributed by atoms with Crippen LogP contribution in [0.5, 0.6) is 0 Å². The number of carbonyl (C=O) groups is 1. The predicted molar refractivity (Wildman–Crippen MR) is 55.9 cm³/mol. The van der Waals surface area contributed by atoms with Crippen LogP contribution >= 0.6 is 0 Å². The molecular weight excluding hydrogens is 192 g/mol. The van der Waals surface area contributed by atoms with Crippen LogP contribution in [0.1, 0.15) is 21.7 Å². The van der Waals surface area contributed by atoms with Gasteiger partial charge < -0.3 is 9.52 Å². The van der Waals surface area contributed by atoms with Crippen molar-refractivity contribution in [2.45, 2.75) is 6.42 Å². The Kier molecular flexibility index (Phi) is 1.51. The summed E-state index contributed by atoms with van der Waals surface area (Å²) in [6.07, 6.45) is 5.00. The van der Waals surface area contributed by atoms with Gasteiger partial charge in [-0.05, 0) is 29.7 Å². The third-order valence-corrected chi connectivity index (χ3v) is 2.67. The third-order valence-electron chi connectivity index (χ3n) is 2.67. The van der Waals surface area contributed by atoms with Crippen LogP contribution in [-0.2, 0) is 6.42 Å². The Balaban J connectivity index is 2.35. The van der Waals surface area contributed by atoms with Crippen molar-refractivity contribution in [3.05, 3.63) is 41.2 Å². The van der Waals surface area contributed by atoms with Crippen LogP contribution in [0.25, 0.3) is 17.0 Å². The molecule has 3 nitrogen and oxygen atoms in total. The Morgan fingerprint density at radius 2 is 2.27 bits per heavy atom. The van der Waals surface area contributed by atoms with E-state index in [4.69, 9.17) is 9.52 Å². The summed E-state index contributed by atoms with van der Waals surface area (Å²) in [5.74, 6) is -1.03. The lowest BCUT2D eigenvalue weighted by Gasteiger charge is -1.97. The molecule has 0 saturated carbocycles. The highest BCUT2D eigenvalue weighted by atomic mass is 16.4. The molecular formula is C12H8O3. The van der Waals surface area contributed by atoms with Gasteiger partial charge in [-0.3, -0.25) is 0 Å². The first-order valence-electron chi connectivity index (χ1n) is 4.71. The molecule has 0 saturated heterocycles. The van der Waals surface area contributed by atoms with Crippen LogP contribution in [0.2, 0.25) is 0 Å². The van der Waals surface area contributed by atoms with Gasteiger partial charge in [-0.1, -0.05) is 18.2 Å². The molecule has 1 aromatic carbocycles. The van der Waals surface area contributed by atoms with E-state index < -0.39 is 5.97 Å². The monoisotopic (exact) mass is 200 g/mol. The summed E-state index contributed by atoms with van der Waals surface area (Å²) in [5, 5.41) is 9.71. The number of furan rings is 1. The van der Waals surface area contributed by atoms with Gasteiger partial charge in [0, 0.05) is 5.39 Å². The summed E-state index contributed by atoms with van der Waals surface area (Å²) in [6, 6.07) is 5.40. The molecule has 74 valence electrons. The Hall–Kier alpha value is -2.03. The molecule has 15 heavy (non-hydrogen) atoms. The normalized spacial score (nSPS) is 13.3. The van der Waals surface area contributed by atoms with Crippen LogP contribution in [0.3, 0.4) is 0 Å². The van der Waals surface area contributed by atoms with Crippen molar-refractivity contribution < 1.29 is 14.3 Å². The molecule has 1 aliphatic carbocycles. The topological polar surface area (TPSA) is 50.4 Å². The average Bonchev–Trinajstić information content (AvgIpc) is 2.82. The summed E-state index contributed by atoms with van der Waals surface area (Å²) >= 11 is 0. The first-order valence-corrected chi connectivity index (χ1v) is 4.71. The second kappa shape index (κ2) is 2.73. The Morgan fingerprint density at radius 3 is 3.07 bits per heavy atom. The quantitative estimate of drug-likeness (QED) is 0.769. The van der Waals surface area contributed by atoms with E-state index in [0.717, 1.165) is 17.4 Å². The Bertz CT molecular complexity index is 590. The molecule has 3 heteroatoms. The van der Waals surface area contributed by atoms with Crippen molar-refractivity contribution in [2.24, 2.45) is 0 Å². The number of carboxylic acids is 1. The van der Waals surface area contributed by atoms with Crippen LogP contribution in [-0.4, -0.2) is 11.1 Å². The standard InChI is InChI=1S/C12H8O3/c13-12(14)11-6-9-8-3-1-2-7(8)4-5-10(9)15-11/h1,3-6H,2H2,(H,13,14). The number of rotatable bonds is 1. The van der Waals surface area contributed by atoms with Crippen molar-refractivity contribution in [2.75, 3.05) is 0 Å². The van der Waals surface area contributed by atoms with Crippen molar-refractivity contribution in [3.63, 3.8) is 0 Å². The molecule has 1 heterocycles. The maximum absolute atomic E-state index is 10.8. The van der Waals surface area contributed by atoms with Gasteiger partial charge in [-0.25, -0.2) is 4.79 Å². The van der Waals surface area contributed by atoms with Crippen molar-refractivity contribution >= 4 is 23.0 Å². The van der Waals surface area contributed by atoms with Gasteiger partial charge in [0.2, 0.25) is 5.76 Å². The number of fused-ring (bicyclic) bond motifs is 3. The van der Waals surface area contributed by atoms with Crippen LogP contribution < -0.4 is 0 Å². The van der Waals surface area contributed by atoms with E-state index in [1.807, 2.05) is 18.2 Å². The average molecular weight is 200 g/mol. The largest absolute Gasteiger partial charge is 0.475 e. The van der Waals surface area contributed by atoms with E-state index in [-0.39, 0.29) is 5.76 Å². The number of carboxylic acid groups (broad SMARTS) is 1. The molecule has 0 atom stereocenters. The number of benzene rings is 1. The minimum absolute atomic E-state index is 0.00120. The lowest BCUT2D eigenvalue weighted by molar-refractivity contribution is 0.0665. The first kappa shape index (κ1) is 8.29. The third kappa shape index (κ3) is 1.09. The summed E-state index contributed by atoms with van der Waals surface area (Å²) in [7, 11) is 0. The molecule has 3 rings (SSSR count). The lowest BCUT2D eigenvalue weighted by atomic mass is 10.1. The molecule has 1 N–H and O–H groups in total. The minimum Gasteiger partial charge on any atom is -0.475 e. The zero-order valence-corrected chi connectivity index (χ0v) is 7.86. The fourth-order valence-electron chi connectivity index (χ4n) is 1.96. The maximum Gasteiger partial charge on any atom is 0.371 e. The van der Waals surface area contributed by atoms with E-state index in [1.165, 1.54) is 5.56 Å². The molecule has 0 aliphatic heterocycles. The van der Waals surface area contributed by atoms with E-state index in [0.29, 0.717) is 5.58 Å². The van der Waals surface area contributed by atoms with Gasteiger partial charge in [-0.15, -0.1) is 0 Å². The number of allylic oxidation sites excluding steroid dienone is 1. The molecule has 0 bridgehead atoms. The van der Waals surface area contributed by atoms with Crippen molar-refractivity contribution in [1.29, 1.82) is 0 Å². The highest BCUT2D eigenvalue weighted by Gasteiger charge is 2.15. The zero-order valence-electron chi connectivity index (χ0n) is 7.86. The molecule has 0 unspecified atom stereocenters. The van der Waals surface area contributed by atoms with Gasteiger partial charge in [0.15, 0.2) is 0 Å². The van der Waals surface area contributed by atoms with Gasteiger partial charge in [0.25, 0.3) is 0 Å². The zero-order chi connectivity index (χ0) is 10.4. The summed E-state index contributed by atoms with van der Waals surface area (Å²) in [6.45, 7) is 0. The molecule has 2 aromatic rings. The smallest absolute Gasteiger partial charge is 0.371 e. The molecule has 0 spiro atoms. The number of hydrogen-bond donors (Lipinski definition) is 1. The van der Waals surface area contributed by atoms with Gasteiger partial charge in [-0.2, -0.15) is 0 Å². The second-order valence-corrected chi connectivity index (χ2v) is 3.57. The van der Waals surface area contributed by atoms with Crippen molar-refractivity contribution in [3.8, 4) is 0 Å². The maximum atomic E-state index is 10.8. The molecule has 1 aromatic heterocycles. The Labute approximate surface area is 85.6 Å². The second-order valence-electron chi connectivity index (χ2n) is 3.57. The van der Waals surface area contributed by atoms with E-state index in [1.54, 1.807) is 6.07 Å². The lowest BCUT2D eigenvalue weighted by Crippen LogP contribution is -1.91. The highest BCUT2D eigenvalue weighted by molar-refractivity contribution is 5.96. The summed E-state index contributed by atoms with van der Waals surface area (Å²) in [5.41, 5.74) is 2.95. The SMILES string of the molecule is O=C(O)c1cc2c3c(ccc2o1)CC=C3. The summed E-state index contributed by atoms with van der Waals surface area (Å²) in [4.78, 5) is 10.8. The highest BCUT2D eigenvalue weighted by Crippen LogP contribution is 2.30. The fourth-order valence-corrected chi connectivity index (χ4v) is 1.96. The van der Waals surface area contributed by atoms with Gasteiger partial charge >= 0.3 is 5.97 Å². The number of aromatic carboxylic acids is 1. The van der Waals surface area contributed by atoms with E-state index in [9.17, 15) is 4.79 Å². The fraction of sp³-hybridized carbons (Fsp3) is 0.0833. The first-order chi connectivity index (χ1) is 7.25. The molecule has 1 aliphatic rings. The predicted octanol–water partition coefficient (Wildman–Crippen LogP) is 2.70. The van der Waals surface area contributed by atoms with Gasteiger partial charge in [0.1, 0.15) is 5.58 Å². The van der Waals surface area contributed by atoms with E-state index in [2.05, 4.69) is 6.08 Å². The van der Waals surface area contributed by atoms with Crippen molar-refractivity contribution in [1.82, 2.24) is 0 Å². The van der Waals surface area contributed by atoms with E-state index >= 15 is 0 Å². The Morgan fingerprint density at radius 1 is 1.40 bits per heavy atom. The van der Waals surface area contributed by atoms with Crippen LogP contribution in [0, 0.1) is 0 Å². The summed E-state index contributed by atoms with van der Waals surface area (Å²) < 4.78 is 5.22. The molecule has 0 radical (unpaired) electrons. The van der Waals surface area contributed by atoms with Crippen LogP contribution in [0.15, 0.2) is 28.7 Å². The molecule has 0 fully saturated rings. The molecule has 0 amide bonds. The number of hydrogen-bond acceptors (Lipinski definition) is 2. The minimum atomic E-state index is -1.03. The van der Waals surface area contributed by atoms with Crippen LogP contribution in [0.4, 0.5) is 0 Å². The van der Waals surface area contributed by atoms with Gasteiger partial charge in [0.05, 0.1) is 0 Å².